The molecule has 0 saturated heterocycles. The van der Waals surface area contributed by atoms with Crippen LogP contribution in [0.25, 0.3) is 10.2 Å². The molecule has 0 aliphatic rings. The van der Waals surface area contributed by atoms with E-state index in [1.165, 1.54) is 35.2 Å². The van der Waals surface area contributed by atoms with Crippen molar-refractivity contribution in [2.24, 2.45) is 0 Å². The lowest BCUT2D eigenvalue weighted by Crippen LogP contribution is -2.11. The van der Waals surface area contributed by atoms with Gasteiger partial charge in [0.05, 0.1) is 22.2 Å². The number of carbonyl (C=O) groups excluding carboxylic acids is 1. The molecule has 0 aliphatic carbocycles. The fourth-order valence-corrected chi connectivity index (χ4v) is 5.25. The molecule has 7 nitrogen and oxygen atoms in total. The summed E-state index contributed by atoms with van der Waals surface area (Å²) in [5.74, 6) is 0.928. The van der Waals surface area contributed by atoms with Gasteiger partial charge in [-0.3, -0.25) is 14.9 Å². The molecular weight excluding hydrogens is 446 g/mol. The number of methoxy groups -OCH3 is 1. The Balaban J connectivity index is 1.49. The zero-order valence-electron chi connectivity index (χ0n) is 17.3. The summed E-state index contributed by atoms with van der Waals surface area (Å²) in [6, 6.07) is 17.6. The van der Waals surface area contributed by atoms with Gasteiger partial charge >= 0.3 is 0 Å². The molecule has 32 heavy (non-hydrogen) atoms. The maximum atomic E-state index is 12.5. The van der Waals surface area contributed by atoms with Gasteiger partial charge in [-0.05, 0) is 43.3 Å². The summed E-state index contributed by atoms with van der Waals surface area (Å²) in [6.07, 6.45) is 0. The number of fused-ring (bicyclic) bond motifs is 1. The van der Waals surface area contributed by atoms with E-state index in [0.29, 0.717) is 22.8 Å². The first-order valence-electron chi connectivity index (χ1n) is 9.65. The Morgan fingerprint density at radius 1 is 1.19 bits per heavy atom. The van der Waals surface area contributed by atoms with Crippen molar-refractivity contribution < 1.29 is 14.5 Å². The molecule has 1 N–H and O–H groups in total. The third-order valence-corrected chi connectivity index (χ3v) is 6.94. The lowest BCUT2D eigenvalue weighted by atomic mass is 10.1. The highest BCUT2D eigenvalue weighted by Gasteiger charge is 2.14. The van der Waals surface area contributed by atoms with Crippen molar-refractivity contribution in [2.75, 3.05) is 12.4 Å². The van der Waals surface area contributed by atoms with Gasteiger partial charge in [-0.2, -0.15) is 0 Å². The van der Waals surface area contributed by atoms with Crippen LogP contribution < -0.4 is 10.1 Å². The molecule has 1 heterocycles. The fraction of sp³-hybridized carbons (Fsp3) is 0.130. The van der Waals surface area contributed by atoms with Crippen LogP contribution in [0.2, 0.25) is 0 Å². The number of ether oxygens (including phenoxy) is 1. The van der Waals surface area contributed by atoms with Crippen LogP contribution >= 0.6 is 23.1 Å². The van der Waals surface area contributed by atoms with E-state index in [1.54, 1.807) is 19.2 Å². The molecule has 4 rings (SSSR count). The summed E-state index contributed by atoms with van der Waals surface area (Å²) in [5.41, 5.74) is 3.92. The lowest BCUT2D eigenvalue weighted by Gasteiger charge is -2.06. The Kier molecular flexibility index (Phi) is 6.38. The molecule has 0 unspecified atom stereocenters. The highest BCUT2D eigenvalue weighted by molar-refractivity contribution is 8.00. The minimum absolute atomic E-state index is 0.0275. The molecule has 4 aromatic rings. The Bertz CT molecular complexity index is 1320. The number of hydrogen-bond donors (Lipinski definition) is 1. The molecular formula is C23H19N3O4S2. The molecule has 3 aromatic carbocycles. The number of nitrogens with one attached hydrogen (secondary N) is 1. The monoisotopic (exact) mass is 465 g/mol. The topological polar surface area (TPSA) is 94.4 Å². The number of amides is 1. The summed E-state index contributed by atoms with van der Waals surface area (Å²) in [7, 11) is 1.54. The number of non-ortho nitro benzene ring substituents is 1. The van der Waals surface area contributed by atoms with Crippen LogP contribution in [0.3, 0.4) is 0 Å². The smallest absolute Gasteiger partial charge is 0.270 e. The van der Waals surface area contributed by atoms with Crippen molar-refractivity contribution >= 4 is 50.6 Å². The van der Waals surface area contributed by atoms with Gasteiger partial charge in [0.2, 0.25) is 0 Å². The number of carbonyl (C=O) groups is 1. The van der Waals surface area contributed by atoms with E-state index < -0.39 is 4.92 Å². The highest BCUT2D eigenvalue weighted by atomic mass is 32.2. The summed E-state index contributed by atoms with van der Waals surface area (Å²) in [4.78, 5) is 27.8. The van der Waals surface area contributed by atoms with Crippen LogP contribution in [0, 0.1) is 17.0 Å². The predicted octanol–water partition coefficient (Wildman–Crippen LogP) is 6.07. The van der Waals surface area contributed by atoms with Gasteiger partial charge < -0.3 is 10.1 Å². The normalized spacial score (nSPS) is 10.8. The van der Waals surface area contributed by atoms with Gasteiger partial charge in [-0.1, -0.05) is 29.5 Å². The Morgan fingerprint density at radius 2 is 2.03 bits per heavy atom. The number of thioether (sulfide) groups is 1. The summed E-state index contributed by atoms with van der Waals surface area (Å²) in [5, 5.41) is 14.0. The van der Waals surface area contributed by atoms with Crippen LogP contribution in [0.5, 0.6) is 5.75 Å². The molecule has 0 saturated carbocycles. The minimum Gasteiger partial charge on any atom is -0.496 e. The molecule has 0 fully saturated rings. The Labute approximate surface area is 192 Å². The third kappa shape index (κ3) is 4.90. The van der Waals surface area contributed by atoms with Crippen molar-refractivity contribution in [1.82, 2.24) is 4.98 Å². The number of rotatable bonds is 7. The van der Waals surface area contributed by atoms with E-state index in [9.17, 15) is 14.9 Å². The number of anilines is 1. The maximum Gasteiger partial charge on any atom is 0.270 e. The molecule has 0 atom stereocenters. The highest BCUT2D eigenvalue weighted by Crippen LogP contribution is 2.35. The summed E-state index contributed by atoms with van der Waals surface area (Å²) < 4.78 is 7.11. The van der Waals surface area contributed by atoms with E-state index in [2.05, 4.69) is 10.3 Å². The van der Waals surface area contributed by atoms with Crippen LogP contribution in [0.4, 0.5) is 11.4 Å². The van der Waals surface area contributed by atoms with E-state index in [0.717, 1.165) is 25.7 Å². The second-order valence-electron chi connectivity index (χ2n) is 7.03. The molecule has 1 aromatic heterocycles. The van der Waals surface area contributed by atoms with Gasteiger partial charge in [0.1, 0.15) is 5.75 Å². The van der Waals surface area contributed by atoms with Crippen LogP contribution in [-0.4, -0.2) is 22.9 Å². The zero-order chi connectivity index (χ0) is 22.7. The first-order chi connectivity index (χ1) is 15.4. The van der Waals surface area contributed by atoms with Gasteiger partial charge in [-0.25, -0.2) is 4.98 Å². The van der Waals surface area contributed by atoms with Crippen molar-refractivity contribution in [3.8, 4) is 5.75 Å². The Hall–Kier alpha value is -3.43. The van der Waals surface area contributed by atoms with Crippen molar-refractivity contribution in [2.45, 2.75) is 17.0 Å². The number of nitrogens with zero attached hydrogens (tertiary/aromatic N) is 2. The number of benzene rings is 3. The van der Waals surface area contributed by atoms with Crippen LogP contribution in [0.1, 0.15) is 21.5 Å². The summed E-state index contributed by atoms with van der Waals surface area (Å²) in [6.45, 7) is 1.95. The third-order valence-electron chi connectivity index (χ3n) is 4.73. The van der Waals surface area contributed by atoms with Crippen molar-refractivity contribution in [1.29, 1.82) is 0 Å². The zero-order valence-corrected chi connectivity index (χ0v) is 19.0. The largest absolute Gasteiger partial charge is 0.496 e. The number of thiazole rings is 1. The lowest BCUT2D eigenvalue weighted by molar-refractivity contribution is -0.384. The van der Waals surface area contributed by atoms with Gasteiger partial charge in [0, 0.05) is 34.7 Å². The molecule has 9 heteroatoms. The standard InChI is InChI=1S/C23H19N3O4S2/c1-14-4-3-5-15(10-14)22(27)24-17-6-8-19-21(12-17)32-23(25-19)31-13-16-11-18(26(28)29)7-9-20(16)30-2/h3-12H,13H2,1-2H3,(H,24,27). The molecule has 162 valence electrons. The maximum absolute atomic E-state index is 12.5. The van der Waals surface area contributed by atoms with Gasteiger partial charge in [0.25, 0.3) is 11.6 Å². The average molecular weight is 466 g/mol. The SMILES string of the molecule is COc1ccc([N+](=O)[O-])cc1CSc1nc2ccc(NC(=O)c3cccc(C)c3)cc2s1. The van der Waals surface area contributed by atoms with E-state index >= 15 is 0 Å². The quantitative estimate of drug-likeness (QED) is 0.202. The predicted molar refractivity (Wildman–Crippen MR) is 128 cm³/mol. The number of hydrogen-bond acceptors (Lipinski definition) is 7. The molecule has 1 amide bonds. The fourth-order valence-electron chi connectivity index (χ4n) is 3.16. The minimum atomic E-state index is -0.419. The van der Waals surface area contributed by atoms with Gasteiger partial charge in [0.15, 0.2) is 4.34 Å². The molecule has 0 spiro atoms. The van der Waals surface area contributed by atoms with Crippen LogP contribution in [0.15, 0.2) is 65.0 Å². The Morgan fingerprint density at radius 3 is 2.78 bits per heavy atom. The molecule has 0 bridgehead atoms. The second kappa shape index (κ2) is 9.37. The number of nitro groups is 1. The van der Waals surface area contributed by atoms with E-state index in [-0.39, 0.29) is 11.6 Å². The number of aromatic nitrogens is 1. The van der Waals surface area contributed by atoms with E-state index in [1.807, 2.05) is 43.3 Å². The average Bonchev–Trinajstić information content (AvgIpc) is 3.19. The number of aryl methyl sites for hydroxylation is 1. The van der Waals surface area contributed by atoms with Crippen molar-refractivity contribution in [3.63, 3.8) is 0 Å². The summed E-state index contributed by atoms with van der Waals surface area (Å²) >= 11 is 2.99. The van der Waals surface area contributed by atoms with Crippen LogP contribution in [-0.2, 0) is 5.75 Å². The second-order valence-corrected chi connectivity index (χ2v) is 9.28. The first-order valence-corrected chi connectivity index (χ1v) is 11.5. The van der Waals surface area contributed by atoms with Crippen molar-refractivity contribution in [3.05, 3.63) is 87.5 Å². The number of nitro benzene ring substituents is 1. The van der Waals surface area contributed by atoms with Gasteiger partial charge in [-0.15, -0.1) is 11.3 Å². The first kappa shape index (κ1) is 21.8. The molecule has 0 aliphatic heterocycles. The molecule has 0 radical (unpaired) electrons. The van der Waals surface area contributed by atoms with E-state index in [4.69, 9.17) is 4.74 Å².